The lowest BCUT2D eigenvalue weighted by Gasteiger charge is -2.16. The van der Waals surface area contributed by atoms with E-state index in [4.69, 9.17) is 0 Å². The Hall–Kier alpha value is -0.830. The molecule has 0 fully saturated rings. The Morgan fingerprint density at radius 2 is 2.18 bits per heavy atom. The lowest BCUT2D eigenvalue weighted by atomic mass is 10.3. The molecule has 0 saturated heterocycles. The molecule has 1 N–H and O–H groups in total. The first kappa shape index (κ1) is 10.2. The number of rotatable bonds is 4. The highest BCUT2D eigenvalue weighted by molar-refractivity contribution is 5.91. The minimum Gasteiger partial charge on any atom is -0.329 e. The first-order valence-electron chi connectivity index (χ1n) is 3.71. The van der Waals surface area contributed by atoms with E-state index in [1.165, 1.54) is 0 Å². The molecule has 0 aromatic rings. The minimum absolute atomic E-state index is 0.00838. The van der Waals surface area contributed by atoms with E-state index in [1.807, 2.05) is 6.92 Å². The molecule has 3 heteroatoms. The van der Waals surface area contributed by atoms with Crippen molar-refractivity contribution in [1.82, 2.24) is 10.2 Å². The summed E-state index contributed by atoms with van der Waals surface area (Å²) in [6.07, 6.45) is 0. The molecule has 64 valence electrons. The third-order valence-electron chi connectivity index (χ3n) is 1.31. The molecule has 0 aliphatic rings. The maximum atomic E-state index is 11.1. The number of nitrogens with one attached hydrogen (secondary N) is 1. The quantitative estimate of drug-likeness (QED) is 0.477. The predicted molar refractivity (Wildman–Crippen MR) is 46.1 cm³/mol. The smallest absolute Gasteiger partial charge is 0.249 e. The van der Waals surface area contributed by atoms with Gasteiger partial charge in [0, 0.05) is 12.6 Å². The second-order valence-corrected chi connectivity index (χ2v) is 2.55. The largest absolute Gasteiger partial charge is 0.329 e. The Labute approximate surface area is 68.1 Å². The van der Waals surface area contributed by atoms with E-state index < -0.39 is 0 Å². The number of likely N-dealkylation sites (N-methyl/N-ethyl adjacent to an activating group) is 1. The molecule has 3 nitrogen and oxygen atoms in total. The SMILES string of the molecule is C=C(C)C(=O)N(C)CNCC. The van der Waals surface area contributed by atoms with Crippen LogP contribution in [0.2, 0.25) is 0 Å². The average Bonchev–Trinajstić information content (AvgIpc) is 1.98. The van der Waals surface area contributed by atoms with E-state index in [2.05, 4.69) is 11.9 Å². The molecule has 0 saturated carbocycles. The number of carbonyl (C=O) groups excluding carboxylic acids is 1. The minimum atomic E-state index is -0.00838. The van der Waals surface area contributed by atoms with Gasteiger partial charge < -0.3 is 10.2 Å². The van der Waals surface area contributed by atoms with Crippen LogP contribution in [-0.2, 0) is 4.79 Å². The standard InChI is InChI=1S/C8H16N2O/c1-5-9-6-10(4)8(11)7(2)3/h9H,2,5-6H2,1,3-4H3. The first-order chi connectivity index (χ1) is 5.09. The molecule has 11 heavy (non-hydrogen) atoms. The zero-order valence-electron chi connectivity index (χ0n) is 7.48. The second kappa shape index (κ2) is 4.91. The van der Waals surface area contributed by atoms with Gasteiger partial charge in [-0.2, -0.15) is 0 Å². The summed E-state index contributed by atoms with van der Waals surface area (Å²) >= 11 is 0. The van der Waals surface area contributed by atoms with E-state index in [-0.39, 0.29) is 5.91 Å². The highest BCUT2D eigenvalue weighted by Crippen LogP contribution is 1.93. The van der Waals surface area contributed by atoms with Gasteiger partial charge in [0.15, 0.2) is 0 Å². The zero-order valence-corrected chi connectivity index (χ0v) is 7.48. The van der Waals surface area contributed by atoms with Crippen molar-refractivity contribution in [1.29, 1.82) is 0 Å². The van der Waals surface area contributed by atoms with Crippen molar-refractivity contribution < 1.29 is 4.79 Å². The Morgan fingerprint density at radius 3 is 2.55 bits per heavy atom. The Bertz CT molecular complexity index is 154. The van der Waals surface area contributed by atoms with Gasteiger partial charge in [0.05, 0.1) is 6.67 Å². The van der Waals surface area contributed by atoms with Gasteiger partial charge in [0.25, 0.3) is 0 Å². The van der Waals surface area contributed by atoms with E-state index >= 15 is 0 Å². The fourth-order valence-electron chi connectivity index (χ4n) is 0.677. The van der Waals surface area contributed by atoms with Gasteiger partial charge in [-0.15, -0.1) is 0 Å². The summed E-state index contributed by atoms with van der Waals surface area (Å²) in [6.45, 7) is 8.73. The Balaban J connectivity index is 3.73. The Morgan fingerprint density at radius 1 is 1.64 bits per heavy atom. The molecule has 0 aliphatic heterocycles. The maximum absolute atomic E-state index is 11.1. The molecule has 0 aromatic heterocycles. The molecular weight excluding hydrogens is 140 g/mol. The molecule has 0 spiro atoms. The molecule has 0 aromatic carbocycles. The molecule has 0 atom stereocenters. The van der Waals surface area contributed by atoms with Crippen molar-refractivity contribution in [2.75, 3.05) is 20.3 Å². The summed E-state index contributed by atoms with van der Waals surface area (Å²) in [6, 6.07) is 0. The van der Waals surface area contributed by atoms with Crippen molar-refractivity contribution in [3.8, 4) is 0 Å². The summed E-state index contributed by atoms with van der Waals surface area (Å²) in [5.41, 5.74) is 0.574. The van der Waals surface area contributed by atoms with E-state index in [0.29, 0.717) is 12.2 Å². The average molecular weight is 156 g/mol. The summed E-state index contributed by atoms with van der Waals surface area (Å²) in [7, 11) is 1.75. The normalized spacial score (nSPS) is 9.36. The molecule has 1 amide bonds. The lowest BCUT2D eigenvalue weighted by molar-refractivity contribution is -0.126. The monoisotopic (exact) mass is 156 g/mol. The van der Waals surface area contributed by atoms with Crippen molar-refractivity contribution in [3.63, 3.8) is 0 Å². The van der Waals surface area contributed by atoms with E-state index in [9.17, 15) is 4.79 Å². The van der Waals surface area contributed by atoms with Gasteiger partial charge in [-0.05, 0) is 13.5 Å². The summed E-state index contributed by atoms with van der Waals surface area (Å²) in [5.74, 6) is -0.00838. The van der Waals surface area contributed by atoms with Crippen molar-refractivity contribution in [2.45, 2.75) is 13.8 Å². The Kier molecular flexibility index (Phi) is 4.54. The van der Waals surface area contributed by atoms with Gasteiger partial charge >= 0.3 is 0 Å². The second-order valence-electron chi connectivity index (χ2n) is 2.55. The van der Waals surface area contributed by atoms with Crippen molar-refractivity contribution >= 4 is 5.91 Å². The molecular formula is C8H16N2O. The van der Waals surface area contributed by atoms with Gasteiger partial charge in [0.2, 0.25) is 5.91 Å². The topological polar surface area (TPSA) is 32.3 Å². The van der Waals surface area contributed by atoms with Crippen LogP contribution in [0.4, 0.5) is 0 Å². The van der Waals surface area contributed by atoms with Crippen LogP contribution < -0.4 is 5.32 Å². The predicted octanol–water partition coefficient (Wildman–Crippen LogP) is 0.588. The van der Waals surface area contributed by atoms with Gasteiger partial charge in [-0.25, -0.2) is 0 Å². The third kappa shape index (κ3) is 3.78. The summed E-state index contributed by atoms with van der Waals surface area (Å²) in [5, 5.41) is 3.05. The number of carbonyl (C=O) groups is 1. The third-order valence-corrected chi connectivity index (χ3v) is 1.31. The molecule has 0 heterocycles. The maximum Gasteiger partial charge on any atom is 0.249 e. The van der Waals surface area contributed by atoms with Crippen LogP contribution in [0.25, 0.3) is 0 Å². The number of amides is 1. The number of nitrogens with zero attached hydrogens (tertiary/aromatic N) is 1. The van der Waals surface area contributed by atoms with Gasteiger partial charge in [-0.1, -0.05) is 13.5 Å². The van der Waals surface area contributed by atoms with Gasteiger partial charge in [0.1, 0.15) is 0 Å². The van der Waals surface area contributed by atoms with Crippen LogP contribution in [-0.4, -0.2) is 31.1 Å². The molecule has 0 aliphatic carbocycles. The summed E-state index contributed by atoms with van der Waals surface area (Å²) < 4.78 is 0. The van der Waals surface area contributed by atoms with Crippen LogP contribution in [0.1, 0.15) is 13.8 Å². The highest BCUT2D eigenvalue weighted by Gasteiger charge is 2.06. The van der Waals surface area contributed by atoms with Crippen LogP contribution >= 0.6 is 0 Å². The molecule has 0 unspecified atom stereocenters. The van der Waals surface area contributed by atoms with Crippen molar-refractivity contribution in [3.05, 3.63) is 12.2 Å². The van der Waals surface area contributed by atoms with Crippen LogP contribution in [0, 0.1) is 0 Å². The van der Waals surface area contributed by atoms with Gasteiger partial charge in [-0.3, -0.25) is 4.79 Å². The van der Waals surface area contributed by atoms with E-state index in [0.717, 1.165) is 6.54 Å². The fourth-order valence-corrected chi connectivity index (χ4v) is 0.677. The van der Waals surface area contributed by atoms with Crippen LogP contribution in [0.15, 0.2) is 12.2 Å². The van der Waals surface area contributed by atoms with Crippen LogP contribution in [0.5, 0.6) is 0 Å². The lowest BCUT2D eigenvalue weighted by Crippen LogP contribution is -2.35. The molecule has 0 radical (unpaired) electrons. The highest BCUT2D eigenvalue weighted by atomic mass is 16.2. The first-order valence-corrected chi connectivity index (χ1v) is 3.71. The van der Waals surface area contributed by atoms with Crippen molar-refractivity contribution in [2.24, 2.45) is 0 Å². The fraction of sp³-hybridized carbons (Fsp3) is 0.625. The van der Waals surface area contributed by atoms with Crippen LogP contribution in [0.3, 0.4) is 0 Å². The summed E-state index contributed by atoms with van der Waals surface area (Å²) in [4.78, 5) is 12.7. The number of hydrogen-bond acceptors (Lipinski definition) is 2. The molecule has 0 bridgehead atoms. The zero-order chi connectivity index (χ0) is 8.85. The molecule has 0 rings (SSSR count). The van der Waals surface area contributed by atoms with E-state index in [1.54, 1.807) is 18.9 Å². The number of hydrogen-bond donors (Lipinski definition) is 1.